The monoisotopic (exact) mass is 470 g/mol. The Labute approximate surface area is 202 Å². The van der Waals surface area contributed by atoms with E-state index < -0.39 is 24.0 Å². The van der Waals surface area contributed by atoms with Gasteiger partial charge in [0.15, 0.2) is 0 Å². The van der Waals surface area contributed by atoms with Crippen LogP contribution in [0.5, 0.6) is 0 Å². The number of carbonyl (C=O) groups is 2. The van der Waals surface area contributed by atoms with Crippen LogP contribution in [0.2, 0.25) is 0 Å². The molecule has 2 aromatic rings. The van der Waals surface area contributed by atoms with Gasteiger partial charge in [0.1, 0.15) is 12.1 Å². The van der Waals surface area contributed by atoms with Gasteiger partial charge in [-0.2, -0.15) is 0 Å². The number of aromatic nitrogens is 2. The first-order valence-electron chi connectivity index (χ1n) is 12.0. The highest BCUT2D eigenvalue weighted by atomic mass is 16.4. The minimum absolute atomic E-state index is 0.288. The molecule has 2 atom stereocenters. The zero-order valence-electron chi connectivity index (χ0n) is 20.6. The summed E-state index contributed by atoms with van der Waals surface area (Å²) in [6.07, 6.45) is 2.54. The molecule has 2 unspecified atom stereocenters. The van der Waals surface area contributed by atoms with E-state index in [4.69, 9.17) is 0 Å². The fraction of sp³-hybridized carbons (Fsp3) is 0.538. The maximum Gasteiger partial charge on any atom is 0.320 e. The molecule has 0 amide bonds. The molecule has 0 bridgehead atoms. The van der Waals surface area contributed by atoms with Gasteiger partial charge in [-0.15, -0.1) is 0 Å². The Hall–Kier alpha value is -2.84. The zero-order chi connectivity index (χ0) is 25.1. The van der Waals surface area contributed by atoms with Crippen molar-refractivity contribution in [2.45, 2.75) is 78.6 Å². The number of aliphatic carboxylic acids is 2. The Morgan fingerprint density at radius 3 is 1.38 bits per heavy atom. The average molecular weight is 471 g/mol. The largest absolute Gasteiger partial charge is 0.480 e. The summed E-state index contributed by atoms with van der Waals surface area (Å²) in [7, 11) is 0. The Bertz CT molecular complexity index is 857. The molecule has 2 aromatic heterocycles. The number of hydrogen-bond donors (Lipinski definition) is 4. The molecule has 2 rings (SSSR count). The third-order valence-corrected chi connectivity index (χ3v) is 5.44. The van der Waals surface area contributed by atoms with Crippen LogP contribution in [0.1, 0.15) is 63.3 Å². The summed E-state index contributed by atoms with van der Waals surface area (Å²) in [6, 6.07) is 10.4. The average Bonchev–Trinajstić information content (AvgIpc) is 2.78. The van der Waals surface area contributed by atoms with E-state index in [9.17, 15) is 19.8 Å². The first-order chi connectivity index (χ1) is 16.1. The minimum Gasteiger partial charge on any atom is -0.480 e. The number of hydrogen-bond acceptors (Lipinski definition) is 6. The summed E-state index contributed by atoms with van der Waals surface area (Å²) in [5.74, 6) is -1.11. The molecule has 0 radical (unpaired) electrons. The quantitative estimate of drug-likeness (QED) is 0.312. The third kappa shape index (κ3) is 9.97. The molecule has 0 aromatic carbocycles. The van der Waals surface area contributed by atoms with Crippen LogP contribution < -0.4 is 10.6 Å². The van der Waals surface area contributed by atoms with E-state index in [2.05, 4.69) is 20.6 Å². The minimum atomic E-state index is -0.843. The molecule has 4 N–H and O–H groups in total. The van der Waals surface area contributed by atoms with Crippen molar-refractivity contribution in [2.24, 2.45) is 11.8 Å². The topological polar surface area (TPSA) is 124 Å². The number of carboxylic acids is 2. The van der Waals surface area contributed by atoms with Crippen molar-refractivity contribution in [1.82, 2.24) is 20.6 Å². The molecule has 0 saturated carbocycles. The van der Waals surface area contributed by atoms with Gasteiger partial charge in [-0.3, -0.25) is 30.2 Å². The molecule has 0 saturated heterocycles. The Morgan fingerprint density at radius 2 is 1.06 bits per heavy atom. The Morgan fingerprint density at radius 1 is 0.706 bits per heavy atom. The summed E-state index contributed by atoms with van der Waals surface area (Å²) < 4.78 is 0. The van der Waals surface area contributed by atoms with E-state index in [-0.39, 0.29) is 11.8 Å². The molecular formula is C26H38N4O4. The normalized spacial score (nSPS) is 13.2. The molecule has 8 nitrogen and oxygen atoms in total. The number of rotatable bonds is 15. The SMILES string of the molecule is CC(C)CC(NCc1cccc(CCc2cccc(CNC(CC(C)C)C(=O)O)n2)n1)C(=O)O. The fourth-order valence-corrected chi connectivity index (χ4v) is 3.73. The van der Waals surface area contributed by atoms with E-state index in [0.29, 0.717) is 38.8 Å². The summed E-state index contributed by atoms with van der Waals surface area (Å²) in [5.41, 5.74) is 3.46. The molecule has 0 aliphatic carbocycles. The van der Waals surface area contributed by atoms with Gasteiger partial charge in [-0.1, -0.05) is 39.8 Å². The molecule has 186 valence electrons. The lowest BCUT2D eigenvalue weighted by atomic mass is 10.0. The van der Waals surface area contributed by atoms with Crippen LogP contribution in [0.25, 0.3) is 0 Å². The van der Waals surface area contributed by atoms with Crippen molar-refractivity contribution < 1.29 is 19.8 Å². The van der Waals surface area contributed by atoms with Crippen molar-refractivity contribution in [2.75, 3.05) is 0 Å². The maximum absolute atomic E-state index is 11.5. The first kappa shape index (κ1) is 27.4. The van der Waals surface area contributed by atoms with Crippen LogP contribution in [0.15, 0.2) is 36.4 Å². The lowest BCUT2D eigenvalue weighted by molar-refractivity contribution is -0.140. The smallest absolute Gasteiger partial charge is 0.320 e. The van der Waals surface area contributed by atoms with Crippen molar-refractivity contribution in [3.8, 4) is 0 Å². The Kier molecular flexibility index (Phi) is 11.1. The number of carboxylic acid groups (broad SMARTS) is 2. The lowest BCUT2D eigenvalue weighted by Crippen LogP contribution is -2.37. The number of nitrogens with zero attached hydrogens (tertiary/aromatic N) is 2. The second-order valence-corrected chi connectivity index (χ2v) is 9.54. The van der Waals surface area contributed by atoms with E-state index in [1.807, 2.05) is 64.1 Å². The second-order valence-electron chi connectivity index (χ2n) is 9.54. The summed E-state index contributed by atoms with van der Waals surface area (Å²) >= 11 is 0. The van der Waals surface area contributed by atoms with Gasteiger partial charge < -0.3 is 10.2 Å². The van der Waals surface area contributed by atoms with Gasteiger partial charge >= 0.3 is 11.9 Å². The predicted molar refractivity (Wildman–Crippen MR) is 131 cm³/mol. The maximum atomic E-state index is 11.5. The number of nitrogens with one attached hydrogen (secondary N) is 2. The molecule has 0 aliphatic heterocycles. The third-order valence-electron chi connectivity index (χ3n) is 5.44. The van der Waals surface area contributed by atoms with Gasteiger partial charge in [0.25, 0.3) is 0 Å². The van der Waals surface area contributed by atoms with Gasteiger partial charge in [-0.25, -0.2) is 0 Å². The van der Waals surface area contributed by atoms with Crippen LogP contribution >= 0.6 is 0 Å². The molecule has 0 aliphatic rings. The van der Waals surface area contributed by atoms with Crippen molar-refractivity contribution in [1.29, 1.82) is 0 Å². The van der Waals surface area contributed by atoms with Crippen LogP contribution in [-0.2, 0) is 35.5 Å². The highest BCUT2D eigenvalue weighted by Gasteiger charge is 2.19. The van der Waals surface area contributed by atoms with E-state index in [0.717, 1.165) is 22.8 Å². The van der Waals surface area contributed by atoms with Crippen LogP contribution in [0, 0.1) is 11.8 Å². The van der Waals surface area contributed by atoms with Crippen molar-refractivity contribution >= 4 is 11.9 Å². The number of pyridine rings is 2. The molecule has 0 spiro atoms. The van der Waals surface area contributed by atoms with E-state index >= 15 is 0 Å². The Balaban J connectivity index is 1.92. The molecular weight excluding hydrogens is 432 g/mol. The van der Waals surface area contributed by atoms with Crippen molar-refractivity contribution in [3.05, 3.63) is 59.2 Å². The van der Waals surface area contributed by atoms with Crippen LogP contribution in [0.3, 0.4) is 0 Å². The van der Waals surface area contributed by atoms with Gasteiger partial charge in [-0.05, 0) is 61.8 Å². The highest BCUT2D eigenvalue weighted by Crippen LogP contribution is 2.10. The van der Waals surface area contributed by atoms with Gasteiger partial charge in [0.05, 0.1) is 11.4 Å². The fourth-order valence-electron chi connectivity index (χ4n) is 3.73. The zero-order valence-corrected chi connectivity index (χ0v) is 20.6. The molecule has 34 heavy (non-hydrogen) atoms. The molecule has 0 fully saturated rings. The second kappa shape index (κ2) is 13.8. The van der Waals surface area contributed by atoms with E-state index in [1.54, 1.807) is 0 Å². The molecule has 2 heterocycles. The van der Waals surface area contributed by atoms with E-state index in [1.165, 1.54) is 0 Å². The van der Waals surface area contributed by atoms with Crippen LogP contribution in [0.4, 0.5) is 0 Å². The summed E-state index contributed by atoms with van der Waals surface area (Å²) in [6.45, 7) is 8.82. The first-order valence-corrected chi connectivity index (χ1v) is 12.0. The highest BCUT2D eigenvalue weighted by molar-refractivity contribution is 5.73. The van der Waals surface area contributed by atoms with Gasteiger partial charge in [0, 0.05) is 24.5 Å². The van der Waals surface area contributed by atoms with Gasteiger partial charge in [0.2, 0.25) is 0 Å². The van der Waals surface area contributed by atoms with Crippen molar-refractivity contribution in [3.63, 3.8) is 0 Å². The summed E-state index contributed by atoms with van der Waals surface area (Å²) in [4.78, 5) is 32.2. The summed E-state index contributed by atoms with van der Waals surface area (Å²) in [5, 5.41) is 25.0. The standard InChI is InChI=1S/C26H38N4O4/c1-17(2)13-23(25(31)32)27-15-21-9-5-7-19(29-21)11-12-20-8-6-10-22(30-20)16-28-24(26(33)34)14-18(3)4/h5-10,17-18,23-24,27-28H,11-16H2,1-4H3,(H,31,32)(H,33,34). The molecule has 8 heteroatoms. The lowest BCUT2D eigenvalue weighted by Gasteiger charge is -2.16. The predicted octanol–water partition coefficient (Wildman–Crippen LogP) is 3.44. The van der Waals surface area contributed by atoms with Crippen LogP contribution in [-0.4, -0.2) is 44.2 Å². The number of aryl methyl sites for hydroxylation is 2.